The van der Waals surface area contributed by atoms with Crippen molar-refractivity contribution < 1.29 is 19.1 Å². The van der Waals surface area contributed by atoms with Gasteiger partial charge in [0.1, 0.15) is 11.6 Å². The zero-order valence-electron chi connectivity index (χ0n) is 18.8. The van der Waals surface area contributed by atoms with E-state index in [-0.39, 0.29) is 53.5 Å². The van der Waals surface area contributed by atoms with E-state index in [2.05, 4.69) is 59.7 Å². The molecule has 1 rings (SSSR count). The molecule has 0 fully saturated rings. The molecular weight excluding hydrogens is 352 g/mol. The fraction of sp³-hybridized carbons (Fsp3) is 0.625. The molecule has 1 unspecified atom stereocenters. The van der Waals surface area contributed by atoms with Gasteiger partial charge in [0, 0.05) is 12.3 Å². The fourth-order valence-corrected chi connectivity index (χ4v) is 3.11. The SMILES string of the molecule is CCOC(=O)CC(CC(=O)CC(C)=O)c1cc(C(C)(C)C)cc(C(C)(C)C)c1. The highest BCUT2D eigenvalue weighted by molar-refractivity contribution is 5.98. The highest BCUT2D eigenvalue weighted by Gasteiger charge is 2.26. The third-order valence-electron chi connectivity index (χ3n) is 4.80. The second-order valence-electron chi connectivity index (χ2n) is 9.67. The van der Waals surface area contributed by atoms with Gasteiger partial charge in [-0.25, -0.2) is 0 Å². The summed E-state index contributed by atoms with van der Waals surface area (Å²) < 4.78 is 5.13. The number of benzene rings is 1. The molecule has 0 N–H and O–H groups in total. The third kappa shape index (κ3) is 7.57. The minimum atomic E-state index is -0.318. The molecule has 4 heteroatoms. The predicted molar refractivity (Wildman–Crippen MR) is 113 cm³/mol. The molecule has 0 aliphatic carbocycles. The smallest absolute Gasteiger partial charge is 0.306 e. The molecule has 4 nitrogen and oxygen atoms in total. The minimum Gasteiger partial charge on any atom is -0.466 e. The number of hydrogen-bond donors (Lipinski definition) is 0. The lowest BCUT2D eigenvalue weighted by molar-refractivity contribution is -0.143. The Kier molecular flexibility index (Phi) is 8.16. The van der Waals surface area contributed by atoms with Crippen LogP contribution in [0.5, 0.6) is 0 Å². The van der Waals surface area contributed by atoms with Crippen LogP contribution in [-0.2, 0) is 30.0 Å². The van der Waals surface area contributed by atoms with Crippen molar-refractivity contribution in [2.75, 3.05) is 6.61 Å². The van der Waals surface area contributed by atoms with E-state index in [0.29, 0.717) is 6.61 Å². The standard InChI is InChI=1S/C24H36O4/c1-9-28-22(27)14-18(13-21(26)10-16(2)25)17-11-19(23(3,4)5)15-20(12-17)24(6,7)8/h11-12,15,18H,9-10,13-14H2,1-8H3. The van der Waals surface area contributed by atoms with E-state index in [1.807, 2.05) is 0 Å². The van der Waals surface area contributed by atoms with E-state index in [0.717, 1.165) is 5.56 Å². The van der Waals surface area contributed by atoms with Gasteiger partial charge in [-0.05, 0) is 41.4 Å². The van der Waals surface area contributed by atoms with Crippen molar-refractivity contribution in [2.24, 2.45) is 0 Å². The molecular formula is C24H36O4. The van der Waals surface area contributed by atoms with Gasteiger partial charge in [-0.1, -0.05) is 59.7 Å². The molecule has 0 aliphatic heterocycles. The van der Waals surface area contributed by atoms with Crippen LogP contribution < -0.4 is 0 Å². The van der Waals surface area contributed by atoms with Crippen LogP contribution in [0.4, 0.5) is 0 Å². The van der Waals surface area contributed by atoms with Gasteiger partial charge in [0.05, 0.1) is 19.4 Å². The number of rotatable bonds is 8. The van der Waals surface area contributed by atoms with Crippen LogP contribution >= 0.6 is 0 Å². The summed E-state index contributed by atoms with van der Waals surface area (Å²) in [5.74, 6) is -0.908. The number of ketones is 2. The zero-order valence-corrected chi connectivity index (χ0v) is 18.8. The van der Waals surface area contributed by atoms with Gasteiger partial charge in [-0.2, -0.15) is 0 Å². The Morgan fingerprint density at radius 2 is 1.39 bits per heavy atom. The van der Waals surface area contributed by atoms with Gasteiger partial charge >= 0.3 is 5.97 Å². The van der Waals surface area contributed by atoms with Gasteiger partial charge in [-0.3, -0.25) is 14.4 Å². The Labute approximate surface area is 170 Å². The van der Waals surface area contributed by atoms with Crippen molar-refractivity contribution in [1.29, 1.82) is 0 Å². The van der Waals surface area contributed by atoms with Crippen LogP contribution in [0.25, 0.3) is 0 Å². The second-order valence-corrected chi connectivity index (χ2v) is 9.67. The average Bonchev–Trinajstić information content (AvgIpc) is 2.51. The number of Topliss-reactive ketones (excluding diaryl/α,β-unsaturated/α-hetero) is 2. The molecule has 0 heterocycles. The lowest BCUT2D eigenvalue weighted by Crippen LogP contribution is -2.20. The summed E-state index contributed by atoms with van der Waals surface area (Å²) in [4.78, 5) is 35.9. The number of carbonyl (C=O) groups is 3. The van der Waals surface area contributed by atoms with Crippen LogP contribution in [-0.4, -0.2) is 24.1 Å². The Hall–Kier alpha value is -1.97. The molecule has 1 aromatic rings. The molecule has 156 valence electrons. The first-order valence-corrected chi connectivity index (χ1v) is 10.1. The molecule has 1 aromatic carbocycles. The van der Waals surface area contributed by atoms with Crippen LogP contribution in [0, 0.1) is 0 Å². The normalized spacial score (nSPS) is 13.1. The molecule has 1 atom stereocenters. The summed E-state index contributed by atoms with van der Waals surface area (Å²) >= 11 is 0. The summed E-state index contributed by atoms with van der Waals surface area (Å²) in [6, 6.07) is 6.41. The number of carbonyl (C=O) groups excluding carboxylic acids is 3. The van der Waals surface area contributed by atoms with E-state index in [1.54, 1.807) is 6.92 Å². The lowest BCUT2D eigenvalue weighted by atomic mass is 9.77. The van der Waals surface area contributed by atoms with Gasteiger partial charge in [0.2, 0.25) is 0 Å². The van der Waals surface area contributed by atoms with Crippen molar-refractivity contribution >= 4 is 17.5 Å². The summed E-state index contributed by atoms with van der Waals surface area (Å²) in [6.45, 7) is 16.4. The maximum atomic E-state index is 12.4. The summed E-state index contributed by atoms with van der Waals surface area (Å²) in [7, 11) is 0. The van der Waals surface area contributed by atoms with Crippen molar-refractivity contribution in [3.05, 3.63) is 34.9 Å². The van der Waals surface area contributed by atoms with Crippen molar-refractivity contribution in [3.63, 3.8) is 0 Å². The maximum Gasteiger partial charge on any atom is 0.306 e. The van der Waals surface area contributed by atoms with Gasteiger partial charge < -0.3 is 4.74 Å². The maximum absolute atomic E-state index is 12.4. The molecule has 0 saturated heterocycles. The average molecular weight is 389 g/mol. The van der Waals surface area contributed by atoms with Gasteiger partial charge in [0.25, 0.3) is 0 Å². The Bertz CT molecular complexity index is 685. The topological polar surface area (TPSA) is 60.4 Å². The Morgan fingerprint density at radius 1 is 0.893 bits per heavy atom. The fourth-order valence-electron chi connectivity index (χ4n) is 3.11. The van der Waals surface area contributed by atoms with Crippen LogP contribution in [0.2, 0.25) is 0 Å². The second kappa shape index (κ2) is 9.49. The first kappa shape index (κ1) is 24.1. The quantitative estimate of drug-likeness (QED) is 0.450. The van der Waals surface area contributed by atoms with Crippen LogP contribution in [0.1, 0.15) is 97.3 Å². The highest BCUT2D eigenvalue weighted by Crippen LogP contribution is 2.35. The summed E-state index contributed by atoms with van der Waals surface area (Å²) in [5.41, 5.74) is 3.18. The highest BCUT2D eigenvalue weighted by atomic mass is 16.5. The molecule has 0 aromatic heterocycles. The molecule has 0 saturated carbocycles. The summed E-state index contributed by atoms with van der Waals surface area (Å²) in [5, 5.41) is 0. The summed E-state index contributed by atoms with van der Waals surface area (Å²) in [6.07, 6.45) is 0.203. The van der Waals surface area contributed by atoms with E-state index in [1.165, 1.54) is 18.1 Å². The van der Waals surface area contributed by atoms with Crippen molar-refractivity contribution in [2.45, 2.75) is 91.4 Å². The first-order chi connectivity index (χ1) is 12.7. The number of ether oxygens (including phenoxy) is 1. The number of esters is 1. The molecule has 0 amide bonds. The van der Waals surface area contributed by atoms with E-state index in [9.17, 15) is 14.4 Å². The Balaban J connectivity index is 3.41. The first-order valence-electron chi connectivity index (χ1n) is 10.1. The third-order valence-corrected chi connectivity index (χ3v) is 4.80. The molecule has 0 radical (unpaired) electrons. The van der Waals surface area contributed by atoms with E-state index in [4.69, 9.17) is 4.74 Å². The molecule has 0 spiro atoms. The largest absolute Gasteiger partial charge is 0.466 e. The number of hydrogen-bond acceptors (Lipinski definition) is 4. The minimum absolute atomic E-state index is 0.0616. The van der Waals surface area contributed by atoms with Gasteiger partial charge in [-0.15, -0.1) is 0 Å². The molecule has 0 bridgehead atoms. The lowest BCUT2D eigenvalue weighted by Gasteiger charge is -2.28. The Morgan fingerprint density at radius 3 is 1.79 bits per heavy atom. The predicted octanol–water partition coefficient (Wildman–Crippen LogP) is 5.26. The zero-order chi connectivity index (χ0) is 21.7. The van der Waals surface area contributed by atoms with E-state index >= 15 is 0 Å². The van der Waals surface area contributed by atoms with Crippen molar-refractivity contribution in [3.8, 4) is 0 Å². The van der Waals surface area contributed by atoms with Crippen molar-refractivity contribution in [1.82, 2.24) is 0 Å². The molecule has 0 aliphatic rings. The van der Waals surface area contributed by atoms with Crippen LogP contribution in [0.15, 0.2) is 18.2 Å². The van der Waals surface area contributed by atoms with Crippen LogP contribution in [0.3, 0.4) is 0 Å². The van der Waals surface area contributed by atoms with E-state index < -0.39 is 0 Å². The monoisotopic (exact) mass is 388 g/mol. The van der Waals surface area contributed by atoms with Gasteiger partial charge in [0.15, 0.2) is 0 Å². The molecule has 28 heavy (non-hydrogen) atoms.